The third-order valence-electron chi connectivity index (χ3n) is 3.23. The van der Waals surface area contributed by atoms with Crippen LogP contribution in [0.15, 0.2) is 42.5 Å². The highest BCUT2D eigenvalue weighted by Crippen LogP contribution is 2.25. The number of carbonyl (C=O) groups is 2. The highest BCUT2D eigenvalue weighted by molar-refractivity contribution is 6.31. The van der Waals surface area contributed by atoms with Crippen molar-refractivity contribution in [3.8, 4) is 5.75 Å². The molecule has 0 aliphatic carbocycles. The van der Waals surface area contributed by atoms with Gasteiger partial charge in [0.05, 0.1) is 11.7 Å². The molecule has 0 saturated heterocycles. The molecular formula is C19H21ClN2O4. The summed E-state index contributed by atoms with van der Waals surface area (Å²) in [6.45, 7) is 3.71. The molecule has 2 aromatic rings. The van der Waals surface area contributed by atoms with E-state index in [2.05, 4.69) is 10.6 Å². The van der Waals surface area contributed by atoms with Gasteiger partial charge in [-0.2, -0.15) is 0 Å². The fourth-order valence-electron chi connectivity index (χ4n) is 2.24. The van der Waals surface area contributed by atoms with Crippen molar-refractivity contribution in [3.05, 3.63) is 53.1 Å². The summed E-state index contributed by atoms with van der Waals surface area (Å²) >= 11 is 6.02. The van der Waals surface area contributed by atoms with Crippen molar-refractivity contribution in [2.24, 2.45) is 0 Å². The van der Waals surface area contributed by atoms with E-state index in [1.807, 2.05) is 13.8 Å². The van der Waals surface area contributed by atoms with Crippen molar-refractivity contribution in [2.75, 3.05) is 24.4 Å². The van der Waals surface area contributed by atoms with E-state index in [9.17, 15) is 9.59 Å². The van der Waals surface area contributed by atoms with Gasteiger partial charge in [-0.05, 0) is 50.2 Å². The van der Waals surface area contributed by atoms with Crippen LogP contribution in [-0.2, 0) is 9.53 Å². The molecule has 0 radical (unpaired) electrons. The third kappa shape index (κ3) is 5.75. The predicted molar refractivity (Wildman–Crippen MR) is 102 cm³/mol. The Morgan fingerprint density at radius 3 is 2.42 bits per heavy atom. The summed E-state index contributed by atoms with van der Waals surface area (Å²) in [5.74, 6) is -0.187. The first-order chi connectivity index (χ1) is 12.4. The Bertz CT molecular complexity index is 793. The molecule has 0 atom stereocenters. The Labute approximate surface area is 157 Å². The molecule has 0 unspecified atom stereocenters. The van der Waals surface area contributed by atoms with Crippen LogP contribution in [0.2, 0.25) is 5.02 Å². The molecule has 2 aromatic carbocycles. The largest absolute Gasteiger partial charge is 0.490 e. The number of methoxy groups -OCH3 is 1. The van der Waals surface area contributed by atoms with E-state index in [4.69, 9.17) is 21.1 Å². The van der Waals surface area contributed by atoms with Crippen molar-refractivity contribution in [1.82, 2.24) is 0 Å². The molecule has 0 aromatic heterocycles. The zero-order chi connectivity index (χ0) is 19.1. The maximum Gasteiger partial charge on any atom is 0.259 e. The summed E-state index contributed by atoms with van der Waals surface area (Å²) in [6.07, 6.45) is -0.0814. The number of benzene rings is 2. The Hall–Kier alpha value is -2.57. The normalized spacial score (nSPS) is 10.5. The van der Waals surface area contributed by atoms with Gasteiger partial charge >= 0.3 is 0 Å². The van der Waals surface area contributed by atoms with Gasteiger partial charge in [0.1, 0.15) is 12.4 Å². The number of nitrogens with one attached hydrogen (secondary N) is 2. The van der Waals surface area contributed by atoms with Crippen LogP contribution < -0.4 is 15.4 Å². The van der Waals surface area contributed by atoms with E-state index in [0.717, 1.165) is 0 Å². The summed E-state index contributed by atoms with van der Waals surface area (Å²) in [4.78, 5) is 24.2. The molecule has 0 spiro atoms. The van der Waals surface area contributed by atoms with Crippen molar-refractivity contribution in [2.45, 2.75) is 20.0 Å². The van der Waals surface area contributed by atoms with Crippen LogP contribution in [0.4, 0.5) is 11.4 Å². The molecule has 0 heterocycles. The minimum Gasteiger partial charge on any atom is -0.490 e. The fraction of sp³-hybridized carbons (Fsp3) is 0.263. The first-order valence-corrected chi connectivity index (χ1v) is 8.43. The van der Waals surface area contributed by atoms with E-state index < -0.39 is 0 Å². The smallest absolute Gasteiger partial charge is 0.259 e. The maximum absolute atomic E-state index is 12.6. The van der Waals surface area contributed by atoms with Gasteiger partial charge in [0.25, 0.3) is 5.91 Å². The summed E-state index contributed by atoms with van der Waals surface area (Å²) in [7, 11) is 1.44. The first-order valence-electron chi connectivity index (χ1n) is 8.05. The molecule has 0 aliphatic heterocycles. The molecule has 0 fully saturated rings. The van der Waals surface area contributed by atoms with Gasteiger partial charge in [0.2, 0.25) is 5.91 Å². The van der Waals surface area contributed by atoms with Crippen molar-refractivity contribution >= 4 is 34.8 Å². The average molecular weight is 377 g/mol. The zero-order valence-electron chi connectivity index (χ0n) is 14.8. The summed E-state index contributed by atoms with van der Waals surface area (Å²) in [5, 5.41) is 5.90. The lowest BCUT2D eigenvalue weighted by Crippen LogP contribution is -2.18. The molecule has 0 bridgehead atoms. The van der Waals surface area contributed by atoms with Gasteiger partial charge < -0.3 is 20.1 Å². The predicted octanol–water partition coefficient (Wildman–Crippen LogP) is 3.96. The van der Waals surface area contributed by atoms with Gasteiger partial charge in [-0.1, -0.05) is 17.7 Å². The number of halogens is 1. The Morgan fingerprint density at radius 1 is 1.08 bits per heavy atom. The molecule has 0 aliphatic rings. The van der Waals surface area contributed by atoms with Crippen molar-refractivity contribution in [3.63, 3.8) is 0 Å². The van der Waals surface area contributed by atoms with Crippen molar-refractivity contribution < 1.29 is 19.1 Å². The topological polar surface area (TPSA) is 76.7 Å². The standard InChI is InChI=1S/C19H21ClN2O4/c1-12(2)26-17-8-7-13(20)9-16(17)19(24)22-15-6-4-5-14(10-15)21-18(23)11-25-3/h4-10,12H,11H2,1-3H3,(H,21,23)(H,22,24). The molecule has 2 rings (SSSR count). The van der Waals surface area contributed by atoms with E-state index >= 15 is 0 Å². The van der Waals surface area contributed by atoms with Crippen LogP contribution in [0.5, 0.6) is 5.75 Å². The maximum atomic E-state index is 12.6. The number of carbonyl (C=O) groups excluding carboxylic acids is 2. The number of hydrogen-bond acceptors (Lipinski definition) is 4. The molecule has 2 amide bonds. The third-order valence-corrected chi connectivity index (χ3v) is 3.46. The van der Waals surface area contributed by atoms with Gasteiger partial charge in [-0.15, -0.1) is 0 Å². The van der Waals surface area contributed by atoms with Crippen LogP contribution in [0.25, 0.3) is 0 Å². The van der Waals surface area contributed by atoms with Gasteiger partial charge in [0.15, 0.2) is 0 Å². The van der Waals surface area contributed by atoms with Crippen LogP contribution in [0.1, 0.15) is 24.2 Å². The zero-order valence-corrected chi connectivity index (χ0v) is 15.6. The lowest BCUT2D eigenvalue weighted by Gasteiger charge is -2.15. The molecule has 7 heteroatoms. The van der Waals surface area contributed by atoms with Crippen LogP contribution >= 0.6 is 11.6 Å². The second kappa shape index (κ2) is 9.22. The minimum absolute atomic E-state index is 0.0466. The number of anilines is 2. The van der Waals surface area contributed by atoms with Gasteiger partial charge in [-0.25, -0.2) is 0 Å². The number of ether oxygens (including phenoxy) is 2. The molecular weight excluding hydrogens is 356 g/mol. The number of hydrogen-bond donors (Lipinski definition) is 2. The molecule has 26 heavy (non-hydrogen) atoms. The summed E-state index contributed by atoms with van der Waals surface area (Å²) < 4.78 is 10.4. The van der Waals surface area contributed by atoms with Gasteiger partial charge in [-0.3, -0.25) is 9.59 Å². The molecule has 6 nitrogen and oxygen atoms in total. The van der Waals surface area contributed by atoms with Crippen LogP contribution in [0.3, 0.4) is 0 Å². The Morgan fingerprint density at radius 2 is 1.77 bits per heavy atom. The molecule has 0 saturated carbocycles. The van der Waals surface area contributed by atoms with Crippen LogP contribution in [-0.4, -0.2) is 31.6 Å². The average Bonchev–Trinajstić information content (AvgIpc) is 2.56. The van der Waals surface area contributed by atoms with E-state index in [0.29, 0.717) is 27.7 Å². The van der Waals surface area contributed by atoms with Crippen LogP contribution in [0, 0.1) is 0 Å². The second-order valence-corrected chi connectivity index (χ2v) is 6.26. The van der Waals surface area contributed by atoms with E-state index in [1.54, 1.807) is 42.5 Å². The van der Waals surface area contributed by atoms with Gasteiger partial charge in [0, 0.05) is 23.5 Å². The lowest BCUT2D eigenvalue weighted by molar-refractivity contribution is -0.119. The second-order valence-electron chi connectivity index (χ2n) is 5.82. The Kier molecular flexibility index (Phi) is 7.00. The highest BCUT2D eigenvalue weighted by Gasteiger charge is 2.15. The monoisotopic (exact) mass is 376 g/mol. The number of amides is 2. The fourth-order valence-corrected chi connectivity index (χ4v) is 2.41. The number of rotatable bonds is 7. The van der Waals surface area contributed by atoms with Crippen molar-refractivity contribution in [1.29, 1.82) is 0 Å². The minimum atomic E-state index is -0.358. The molecule has 138 valence electrons. The molecule has 2 N–H and O–H groups in total. The summed E-state index contributed by atoms with van der Waals surface area (Å²) in [6, 6.07) is 11.7. The Balaban J connectivity index is 2.17. The lowest BCUT2D eigenvalue weighted by atomic mass is 10.1. The SMILES string of the molecule is COCC(=O)Nc1cccc(NC(=O)c2cc(Cl)ccc2OC(C)C)c1. The highest BCUT2D eigenvalue weighted by atomic mass is 35.5. The van der Waals surface area contributed by atoms with E-state index in [1.165, 1.54) is 7.11 Å². The summed E-state index contributed by atoms with van der Waals surface area (Å²) in [5.41, 5.74) is 1.41. The van der Waals surface area contributed by atoms with E-state index in [-0.39, 0.29) is 24.5 Å². The quantitative estimate of drug-likeness (QED) is 0.766. The first kappa shape index (κ1) is 19.8.